The second kappa shape index (κ2) is 10.7. The maximum atomic E-state index is 13.2. The van der Waals surface area contributed by atoms with Crippen LogP contribution in [0.15, 0.2) is 48.5 Å². The van der Waals surface area contributed by atoms with Gasteiger partial charge in [-0.3, -0.25) is 4.79 Å². The van der Waals surface area contributed by atoms with Crippen LogP contribution in [-0.2, 0) is 16.1 Å². The summed E-state index contributed by atoms with van der Waals surface area (Å²) in [6.07, 6.45) is 4.78. The Bertz CT molecular complexity index is 859. The minimum Gasteiger partial charge on any atom is -1.00 e. The topological polar surface area (TPSA) is 38.3 Å². The van der Waals surface area contributed by atoms with Crippen molar-refractivity contribution < 1.29 is 35.2 Å². The van der Waals surface area contributed by atoms with E-state index in [-0.39, 0.29) is 18.3 Å². The fraction of sp³-hybridized carbons (Fsp3) is 0.348. The van der Waals surface area contributed by atoms with Gasteiger partial charge in [-0.25, -0.2) is 8.78 Å². The number of anilines is 1. The number of hydrogen-bond donors (Lipinski definition) is 1. The van der Waals surface area contributed by atoms with Crippen molar-refractivity contribution in [3.63, 3.8) is 0 Å². The molecule has 2 aromatic carbocycles. The molecule has 1 aliphatic rings. The third kappa shape index (κ3) is 6.90. The van der Waals surface area contributed by atoms with E-state index < -0.39 is 11.6 Å². The lowest BCUT2D eigenvalue weighted by Crippen LogP contribution is -3.00. The van der Waals surface area contributed by atoms with Gasteiger partial charge in [0, 0.05) is 36.2 Å². The fourth-order valence-corrected chi connectivity index (χ4v) is 3.70. The number of hydrogen-bond acceptors (Lipinski definition) is 2. The monoisotopic (exact) mass is 436 g/mol. The Morgan fingerprint density at radius 3 is 2.30 bits per heavy atom. The van der Waals surface area contributed by atoms with Crippen LogP contribution in [0.2, 0.25) is 0 Å². The highest BCUT2D eigenvalue weighted by Crippen LogP contribution is 2.23. The SMILES string of the molecule is C[N+](C)(Cc1ccc(NC(=O)/C=C/c2cc(F)cc(F)c2)cc1)C1CCOCC1.[Cl-]. The predicted octanol–water partition coefficient (Wildman–Crippen LogP) is 1.38. The number of halogens is 3. The van der Waals surface area contributed by atoms with Crippen LogP contribution in [0.25, 0.3) is 6.08 Å². The quantitative estimate of drug-likeness (QED) is 0.549. The Hall–Kier alpha value is -2.28. The zero-order valence-corrected chi connectivity index (χ0v) is 18.0. The van der Waals surface area contributed by atoms with Crippen molar-refractivity contribution in [3.05, 3.63) is 71.3 Å². The average molecular weight is 437 g/mol. The van der Waals surface area contributed by atoms with Crippen molar-refractivity contribution in [2.24, 2.45) is 0 Å². The van der Waals surface area contributed by atoms with Crippen molar-refractivity contribution >= 4 is 17.7 Å². The molecule has 1 amide bonds. The van der Waals surface area contributed by atoms with Gasteiger partial charge in [0.2, 0.25) is 5.91 Å². The normalized spacial score (nSPS) is 15.1. The molecule has 0 unspecified atom stereocenters. The number of benzene rings is 2. The van der Waals surface area contributed by atoms with Gasteiger partial charge in [-0.15, -0.1) is 0 Å². The lowest BCUT2D eigenvalue weighted by atomic mass is 10.0. The van der Waals surface area contributed by atoms with Crippen LogP contribution in [-0.4, -0.2) is 43.7 Å². The van der Waals surface area contributed by atoms with Crippen LogP contribution < -0.4 is 17.7 Å². The third-order valence-electron chi connectivity index (χ3n) is 5.30. The van der Waals surface area contributed by atoms with Gasteiger partial charge in [0.25, 0.3) is 0 Å². The minimum atomic E-state index is -0.678. The first-order chi connectivity index (χ1) is 13.8. The van der Waals surface area contributed by atoms with Crippen molar-refractivity contribution in [1.82, 2.24) is 0 Å². The van der Waals surface area contributed by atoms with Crippen LogP contribution in [0, 0.1) is 11.6 Å². The summed E-state index contributed by atoms with van der Waals surface area (Å²) in [6.45, 7) is 2.56. The summed E-state index contributed by atoms with van der Waals surface area (Å²) in [5.74, 6) is -1.72. The molecule has 0 radical (unpaired) electrons. The van der Waals surface area contributed by atoms with Gasteiger partial charge in [-0.05, 0) is 35.9 Å². The fourth-order valence-electron chi connectivity index (χ4n) is 3.70. The molecule has 0 aromatic heterocycles. The molecule has 2 aromatic rings. The summed E-state index contributed by atoms with van der Waals surface area (Å²) in [6, 6.07) is 11.5. The van der Waals surface area contributed by atoms with E-state index in [4.69, 9.17) is 4.74 Å². The largest absolute Gasteiger partial charge is 1.00 e. The number of amides is 1. The first kappa shape index (κ1) is 24.0. The number of ether oxygens (including phenoxy) is 1. The maximum Gasteiger partial charge on any atom is 0.248 e. The first-order valence-electron chi connectivity index (χ1n) is 9.76. The molecule has 1 fully saturated rings. The van der Waals surface area contributed by atoms with Gasteiger partial charge < -0.3 is 26.9 Å². The second-order valence-corrected chi connectivity index (χ2v) is 8.00. The Labute approximate surface area is 182 Å². The van der Waals surface area contributed by atoms with Crippen molar-refractivity contribution in [1.29, 1.82) is 0 Å². The molecule has 7 heteroatoms. The van der Waals surface area contributed by atoms with Gasteiger partial charge in [-0.1, -0.05) is 12.1 Å². The number of carbonyl (C=O) groups is 1. The third-order valence-corrected chi connectivity index (χ3v) is 5.30. The predicted molar refractivity (Wildman–Crippen MR) is 110 cm³/mol. The molecule has 1 saturated heterocycles. The zero-order chi connectivity index (χ0) is 20.9. The van der Waals surface area contributed by atoms with Gasteiger partial charge >= 0.3 is 0 Å². The van der Waals surface area contributed by atoms with Gasteiger partial charge in [-0.2, -0.15) is 0 Å². The number of rotatable bonds is 6. The van der Waals surface area contributed by atoms with Crippen LogP contribution in [0.5, 0.6) is 0 Å². The van der Waals surface area contributed by atoms with E-state index in [0.717, 1.165) is 43.1 Å². The summed E-state index contributed by atoms with van der Waals surface area (Å²) in [5, 5.41) is 2.76. The highest BCUT2D eigenvalue weighted by atomic mass is 35.5. The molecule has 4 nitrogen and oxygen atoms in total. The molecule has 0 bridgehead atoms. The Balaban J connectivity index is 0.00000320. The molecule has 0 atom stereocenters. The van der Waals surface area contributed by atoms with E-state index >= 15 is 0 Å². The molecule has 1 aliphatic heterocycles. The maximum absolute atomic E-state index is 13.2. The van der Waals surface area contributed by atoms with E-state index in [9.17, 15) is 13.6 Å². The smallest absolute Gasteiger partial charge is 0.248 e. The molecule has 0 spiro atoms. The molecule has 0 saturated carbocycles. The second-order valence-electron chi connectivity index (χ2n) is 8.00. The number of quaternary nitrogens is 1. The van der Waals surface area contributed by atoms with Crippen LogP contribution in [0.3, 0.4) is 0 Å². The van der Waals surface area contributed by atoms with E-state index in [2.05, 4.69) is 19.4 Å². The van der Waals surface area contributed by atoms with E-state index in [0.29, 0.717) is 17.3 Å². The van der Waals surface area contributed by atoms with Crippen LogP contribution >= 0.6 is 0 Å². The summed E-state index contributed by atoms with van der Waals surface area (Å²) >= 11 is 0. The van der Waals surface area contributed by atoms with E-state index in [1.807, 2.05) is 24.3 Å². The average Bonchev–Trinajstić information content (AvgIpc) is 2.68. The van der Waals surface area contributed by atoms with Gasteiger partial charge in [0.05, 0.1) is 33.4 Å². The highest BCUT2D eigenvalue weighted by Gasteiger charge is 2.30. The molecule has 162 valence electrons. The van der Waals surface area contributed by atoms with Gasteiger partial charge in [0.15, 0.2) is 0 Å². The van der Waals surface area contributed by atoms with Crippen molar-refractivity contribution in [2.45, 2.75) is 25.4 Å². The van der Waals surface area contributed by atoms with Gasteiger partial charge in [0.1, 0.15) is 18.2 Å². The number of nitrogens with one attached hydrogen (secondary N) is 1. The molecule has 3 rings (SSSR count). The lowest BCUT2D eigenvalue weighted by molar-refractivity contribution is -0.929. The standard InChI is InChI=1S/C23H26F2N2O2.ClH/c1-27(2,22-9-11-29-12-10-22)16-17-3-6-21(7-4-17)26-23(28)8-5-18-13-19(24)15-20(25)14-18;/h3-8,13-15,22H,9-12,16H2,1-2H3;1H/b8-5+;. The van der Waals surface area contributed by atoms with E-state index in [1.165, 1.54) is 29.8 Å². The highest BCUT2D eigenvalue weighted by molar-refractivity contribution is 6.01. The molecule has 0 aliphatic carbocycles. The summed E-state index contributed by atoms with van der Waals surface area (Å²) in [4.78, 5) is 12.1. The first-order valence-corrected chi connectivity index (χ1v) is 9.76. The molecular formula is C23H27ClF2N2O2. The molecule has 1 N–H and O–H groups in total. The Morgan fingerprint density at radius 1 is 1.10 bits per heavy atom. The molecular weight excluding hydrogens is 410 g/mol. The number of nitrogens with zero attached hydrogens (tertiary/aromatic N) is 1. The Morgan fingerprint density at radius 2 is 1.70 bits per heavy atom. The minimum absolute atomic E-state index is 0. The number of carbonyl (C=O) groups excluding carboxylic acids is 1. The Kier molecular flexibility index (Phi) is 8.53. The van der Waals surface area contributed by atoms with Crippen LogP contribution in [0.1, 0.15) is 24.0 Å². The summed E-state index contributed by atoms with van der Waals surface area (Å²) in [7, 11) is 4.48. The van der Waals surface area contributed by atoms with Crippen molar-refractivity contribution in [3.8, 4) is 0 Å². The van der Waals surface area contributed by atoms with E-state index in [1.54, 1.807) is 0 Å². The molecule has 1 heterocycles. The van der Waals surface area contributed by atoms with Crippen molar-refractivity contribution in [2.75, 3.05) is 32.6 Å². The summed E-state index contributed by atoms with van der Waals surface area (Å²) < 4.78 is 32.8. The molecule has 30 heavy (non-hydrogen) atoms. The van der Waals surface area contributed by atoms with Crippen LogP contribution in [0.4, 0.5) is 14.5 Å². The summed E-state index contributed by atoms with van der Waals surface area (Å²) in [5.41, 5.74) is 2.16. The zero-order valence-electron chi connectivity index (χ0n) is 17.2. The lowest BCUT2D eigenvalue weighted by Gasteiger charge is -2.40.